The summed E-state index contributed by atoms with van der Waals surface area (Å²) in [5.41, 5.74) is 1.90. The van der Waals surface area contributed by atoms with Gasteiger partial charge in [0, 0.05) is 6.54 Å². The molecule has 0 aliphatic carbocycles. The van der Waals surface area contributed by atoms with Crippen molar-refractivity contribution in [1.82, 2.24) is 5.32 Å². The van der Waals surface area contributed by atoms with Gasteiger partial charge in [0.25, 0.3) is 0 Å². The predicted molar refractivity (Wildman–Crippen MR) is 113 cm³/mol. The van der Waals surface area contributed by atoms with Crippen LogP contribution in [0.25, 0.3) is 0 Å². The Morgan fingerprint density at radius 1 is 0.867 bits per heavy atom. The summed E-state index contributed by atoms with van der Waals surface area (Å²) in [7, 11) is -2.54. The number of carbonyl (C=O) groups excluding carboxylic acids is 1. The minimum atomic E-state index is -3.89. The minimum Gasteiger partial charge on any atom is -0.468 e. The van der Waals surface area contributed by atoms with Crippen LogP contribution >= 0.6 is 0 Å². The molecule has 3 aromatic carbocycles. The zero-order valence-corrected chi connectivity index (χ0v) is 17.3. The second kappa shape index (κ2) is 10.0. The molecular weight excluding hydrogens is 402 g/mol. The molecule has 3 aromatic rings. The molecule has 0 saturated carbocycles. The molecule has 0 aliphatic rings. The molecule has 0 heterocycles. The maximum absolute atomic E-state index is 12.3. The lowest BCUT2D eigenvalue weighted by atomic mass is 10.1. The number of hydrogen-bond acceptors (Lipinski definition) is 6. The summed E-state index contributed by atoms with van der Waals surface area (Å²) < 4.78 is 34.7. The Bertz CT molecular complexity index is 1050. The number of methoxy groups -OCH3 is 1. The van der Waals surface area contributed by atoms with Gasteiger partial charge in [0.2, 0.25) is 0 Å². The average molecular weight is 426 g/mol. The molecule has 0 saturated heterocycles. The Kier molecular flexibility index (Phi) is 7.21. The van der Waals surface area contributed by atoms with Crippen molar-refractivity contribution in [2.24, 2.45) is 0 Å². The molecule has 156 valence electrons. The van der Waals surface area contributed by atoms with Gasteiger partial charge in [-0.3, -0.25) is 4.79 Å². The lowest BCUT2D eigenvalue weighted by Gasteiger charge is -2.17. The van der Waals surface area contributed by atoms with Gasteiger partial charge in [-0.2, -0.15) is 8.42 Å². The van der Waals surface area contributed by atoms with E-state index < -0.39 is 16.2 Å². The summed E-state index contributed by atoms with van der Waals surface area (Å²) in [5.74, 6) is -0.160. The largest absolute Gasteiger partial charge is 0.468 e. The Morgan fingerprint density at radius 2 is 1.47 bits per heavy atom. The van der Waals surface area contributed by atoms with E-state index in [0.717, 1.165) is 11.1 Å². The molecule has 30 heavy (non-hydrogen) atoms. The second-order valence-corrected chi connectivity index (χ2v) is 8.19. The first-order chi connectivity index (χ1) is 14.5. The van der Waals surface area contributed by atoms with Crippen LogP contribution in [0, 0.1) is 0 Å². The fraction of sp³-hybridized carbons (Fsp3) is 0.174. The molecule has 0 aliphatic heterocycles. The highest BCUT2D eigenvalue weighted by molar-refractivity contribution is 7.87. The van der Waals surface area contributed by atoms with Crippen molar-refractivity contribution in [1.29, 1.82) is 0 Å². The van der Waals surface area contributed by atoms with E-state index in [0.29, 0.717) is 13.0 Å². The van der Waals surface area contributed by atoms with E-state index >= 15 is 0 Å². The van der Waals surface area contributed by atoms with Crippen molar-refractivity contribution in [3.05, 3.63) is 96.1 Å². The van der Waals surface area contributed by atoms with E-state index in [1.807, 2.05) is 30.3 Å². The Balaban J connectivity index is 1.65. The Labute approximate surface area is 176 Å². The molecule has 0 spiro atoms. The zero-order chi connectivity index (χ0) is 21.4. The van der Waals surface area contributed by atoms with Crippen LogP contribution in [0.15, 0.2) is 89.8 Å². The number of rotatable bonds is 9. The lowest BCUT2D eigenvalue weighted by molar-refractivity contribution is -0.143. The Morgan fingerprint density at radius 3 is 2.07 bits per heavy atom. The lowest BCUT2D eigenvalue weighted by Crippen LogP contribution is -2.39. The van der Waals surface area contributed by atoms with Crippen molar-refractivity contribution >= 4 is 16.1 Å². The first kappa shape index (κ1) is 21.5. The maximum Gasteiger partial charge on any atom is 0.339 e. The van der Waals surface area contributed by atoms with Gasteiger partial charge < -0.3 is 14.2 Å². The molecule has 1 atom stereocenters. The zero-order valence-electron chi connectivity index (χ0n) is 16.5. The second-order valence-electron chi connectivity index (χ2n) is 6.64. The van der Waals surface area contributed by atoms with E-state index in [1.54, 1.807) is 42.5 Å². The molecule has 7 heteroatoms. The van der Waals surface area contributed by atoms with Crippen molar-refractivity contribution in [3.63, 3.8) is 0 Å². The summed E-state index contributed by atoms with van der Waals surface area (Å²) in [6.07, 6.45) is 0.394. The fourth-order valence-corrected chi connectivity index (χ4v) is 3.85. The highest BCUT2D eigenvalue weighted by atomic mass is 32.2. The van der Waals surface area contributed by atoms with Gasteiger partial charge in [-0.05, 0) is 41.8 Å². The van der Waals surface area contributed by atoms with Gasteiger partial charge in [-0.15, -0.1) is 0 Å². The minimum absolute atomic E-state index is 0.0879. The molecule has 0 bridgehead atoms. The number of esters is 1. The molecule has 0 amide bonds. The van der Waals surface area contributed by atoms with Crippen LogP contribution in [0.2, 0.25) is 0 Å². The van der Waals surface area contributed by atoms with Crippen LogP contribution in [-0.2, 0) is 32.6 Å². The molecular formula is C23H23NO5S. The van der Waals surface area contributed by atoms with Crippen LogP contribution < -0.4 is 9.50 Å². The number of nitrogens with one attached hydrogen (secondary N) is 1. The fourth-order valence-electron chi connectivity index (χ4n) is 2.90. The molecule has 0 unspecified atom stereocenters. The van der Waals surface area contributed by atoms with Crippen molar-refractivity contribution in [3.8, 4) is 5.75 Å². The van der Waals surface area contributed by atoms with E-state index in [-0.39, 0.29) is 16.6 Å². The standard InChI is InChI=1S/C23H23NO5S/c1-28-23(25)22(24-17-19-8-4-2-5-9-19)16-18-12-14-20(15-13-18)29-30(26,27)21-10-6-3-7-11-21/h2-15,22,24H,16-17H2,1H3/t22-/m0/s1. The molecule has 1 N–H and O–H groups in total. The van der Waals surface area contributed by atoms with Crippen LogP contribution in [-0.4, -0.2) is 27.5 Å². The highest BCUT2D eigenvalue weighted by Gasteiger charge is 2.20. The molecule has 6 nitrogen and oxygen atoms in total. The van der Waals surface area contributed by atoms with E-state index in [4.69, 9.17) is 8.92 Å². The SMILES string of the molecule is COC(=O)[C@H](Cc1ccc(OS(=O)(=O)c2ccccc2)cc1)NCc1ccccc1. The van der Waals surface area contributed by atoms with E-state index in [9.17, 15) is 13.2 Å². The third-order valence-electron chi connectivity index (χ3n) is 4.48. The van der Waals surface area contributed by atoms with Gasteiger partial charge in [-0.25, -0.2) is 0 Å². The molecule has 0 radical (unpaired) electrons. The molecule has 0 aromatic heterocycles. The Hall–Kier alpha value is -3.16. The van der Waals surface area contributed by atoms with Gasteiger partial charge in [0.1, 0.15) is 16.7 Å². The molecule has 0 fully saturated rings. The summed E-state index contributed by atoms with van der Waals surface area (Å²) in [6.45, 7) is 0.525. The third-order valence-corrected chi connectivity index (χ3v) is 5.74. The first-order valence-corrected chi connectivity index (χ1v) is 10.8. The predicted octanol–water partition coefficient (Wildman–Crippen LogP) is 3.33. The van der Waals surface area contributed by atoms with E-state index in [2.05, 4.69) is 5.32 Å². The average Bonchev–Trinajstić information content (AvgIpc) is 2.78. The first-order valence-electron chi connectivity index (χ1n) is 9.41. The van der Waals surface area contributed by atoms with Crippen LogP contribution in [0.4, 0.5) is 0 Å². The van der Waals surface area contributed by atoms with Crippen LogP contribution in [0.1, 0.15) is 11.1 Å². The summed E-state index contributed by atoms with van der Waals surface area (Å²) in [6, 6.07) is 23.8. The van der Waals surface area contributed by atoms with Crippen molar-refractivity contribution in [2.75, 3.05) is 7.11 Å². The van der Waals surface area contributed by atoms with Gasteiger partial charge >= 0.3 is 16.1 Å². The van der Waals surface area contributed by atoms with Crippen molar-refractivity contribution in [2.45, 2.75) is 23.9 Å². The quantitative estimate of drug-likeness (QED) is 0.418. The number of hydrogen-bond donors (Lipinski definition) is 1. The maximum atomic E-state index is 12.3. The monoisotopic (exact) mass is 425 g/mol. The summed E-state index contributed by atoms with van der Waals surface area (Å²) in [5, 5.41) is 3.21. The van der Waals surface area contributed by atoms with E-state index in [1.165, 1.54) is 19.2 Å². The highest BCUT2D eigenvalue weighted by Crippen LogP contribution is 2.19. The smallest absolute Gasteiger partial charge is 0.339 e. The topological polar surface area (TPSA) is 81.7 Å². The summed E-state index contributed by atoms with van der Waals surface area (Å²) in [4.78, 5) is 12.2. The number of benzene rings is 3. The normalized spacial score (nSPS) is 12.2. The van der Waals surface area contributed by atoms with Gasteiger partial charge in [0.05, 0.1) is 7.11 Å². The van der Waals surface area contributed by atoms with Gasteiger partial charge in [-0.1, -0.05) is 60.7 Å². The van der Waals surface area contributed by atoms with Crippen LogP contribution in [0.3, 0.4) is 0 Å². The summed E-state index contributed by atoms with van der Waals surface area (Å²) >= 11 is 0. The van der Waals surface area contributed by atoms with Gasteiger partial charge in [0.15, 0.2) is 0 Å². The molecule has 3 rings (SSSR count). The third kappa shape index (κ3) is 5.92. The van der Waals surface area contributed by atoms with Crippen molar-refractivity contribution < 1.29 is 22.1 Å². The van der Waals surface area contributed by atoms with Crippen LogP contribution in [0.5, 0.6) is 5.75 Å². The number of ether oxygens (including phenoxy) is 1. The number of carbonyl (C=O) groups is 1.